The molecule has 1 fully saturated rings. The minimum atomic E-state index is -1.19. The molecule has 8 heteroatoms. The fourth-order valence-corrected chi connectivity index (χ4v) is 2.63. The van der Waals surface area contributed by atoms with Crippen molar-refractivity contribution in [3.63, 3.8) is 0 Å². The first-order chi connectivity index (χ1) is 10.8. The van der Waals surface area contributed by atoms with E-state index >= 15 is 0 Å². The topological polar surface area (TPSA) is 108 Å². The summed E-state index contributed by atoms with van der Waals surface area (Å²) >= 11 is 0. The lowest BCUT2D eigenvalue weighted by Crippen LogP contribution is -2.58. The van der Waals surface area contributed by atoms with E-state index in [1.54, 1.807) is 32.2 Å². The Labute approximate surface area is 131 Å². The van der Waals surface area contributed by atoms with Crippen LogP contribution in [-0.4, -0.2) is 46.6 Å². The van der Waals surface area contributed by atoms with Crippen LogP contribution in [0.1, 0.15) is 17.3 Å². The number of nitrogens with zero attached hydrogens (tertiary/aromatic N) is 2. The van der Waals surface area contributed by atoms with E-state index in [0.29, 0.717) is 23.2 Å². The molecule has 0 bridgehead atoms. The lowest BCUT2D eigenvalue weighted by molar-refractivity contribution is -0.150. The maximum absolute atomic E-state index is 12.7. The minimum Gasteiger partial charge on any atom is -0.408 e. The highest BCUT2D eigenvalue weighted by molar-refractivity contribution is 5.97. The minimum absolute atomic E-state index is 0.0868. The standard InChI is InChI=1S/C15H17N3O5/c1-15(13(16)20)8-18(5-6-22-15)12(19)9-3-4-11-10(7-9)17(2)14(21)23-11/h3-4,7H,5-6,8H2,1-2H3,(H2,16,20)/t15-/m0/s1. The van der Waals surface area contributed by atoms with Crippen molar-refractivity contribution in [2.45, 2.75) is 12.5 Å². The maximum atomic E-state index is 12.7. The van der Waals surface area contributed by atoms with Gasteiger partial charge in [0.05, 0.1) is 18.7 Å². The van der Waals surface area contributed by atoms with Gasteiger partial charge in [0, 0.05) is 19.2 Å². The average molecular weight is 319 g/mol. The van der Waals surface area contributed by atoms with Crippen LogP contribution < -0.4 is 11.5 Å². The quantitative estimate of drug-likeness (QED) is 0.828. The molecule has 1 aliphatic heterocycles. The molecule has 0 radical (unpaired) electrons. The Morgan fingerprint density at radius 2 is 2.09 bits per heavy atom. The molecule has 122 valence electrons. The van der Waals surface area contributed by atoms with Crippen molar-refractivity contribution in [1.82, 2.24) is 9.47 Å². The lowest BCUT2D eigenvalue weighted by Gasteiger charge is -2.38. The second kappa shape index (κ2) is 5.24. The predicted octanol–water partition coefficient (Wildman–Crippen LogP) is -0.152. The number of carbonyl (C=O) groups excluding carboxylic acids is 2. The number of rotatable bonds is 2. The summed E-state index contributed by atoms with van der Waals surface area (Å²) in [6.07, 6.45) is 0. The molecule has 2 aromatic rings. The van der Waals surface area contributed by atoms with Crippen LogP contribution in [0.3, 0.4) is 0 Å². The highest BCUT2D eigenvalue weighted by atomic mass is 16.5. The third-order valence-corrected chi connectivity index (χ3v) is 4.12. The van der Waals surface area contributed by atoms with E-state index in [-0.39, 0.29) is 19.1 Å². The molecule has 0 spiro atoms. The first-order valence-corrected chi connectivity index (χ1v) is 7.14. The second-order valence-electron chi connectivity index (χ2n) is 5.78. The number of ether oxygens (including phenoxy) is 1. The first-order valence-electron chi connectivity index (χ1n) is 7.14. The molecule has 23 heavy (non-hydrogen) atoms. The smallest absolute Gasteiger partial charge is 0.408 e. The number of benzene rings is 1. The summed E-state index contributed by atoms with van der Waals surface area (Å²) in [6.45, 7) is 2.25. The van der Waals surface area contributed by atoms with E-state index in [2.05, 4.69) is 0 Å². The number of morpholine rings is 1. The van der Waals surface area contributed by atoms with E-state index in [1.165, 1.54) is 9.47 Å². The number of nitrogens with two attached hydrogens (primary N) is 1. The van der Waals surface area contributed by atoms with Gasteiger partial charge in [0.25, 0.3) is 11.8 Å². The lowest BCUT2D eigenvalue weighted by atomic mass is 10.0. The Balaban J connectivity index is 1.92. The summed E-state index contributed by atoms with van der Waals surface area (Å²) in [6, 6.07) is 4.77. The number of aryl methyl sites for hydroxylation is 1. The molecule has 1 aliphatic rings. The number of carbonyl (C=O) groups is 2. The van der Waals surface area contributed by atoms with E-state index in [9.17, 15) is 14.4 Å². The van der Waals surface area contributed by atoms with E-state index in [4.69, 9.17) is 14.9 Å². The van der Waals surface area contributed by atoms with Crippen molar-refractivity contribution in [1.29, 1.82) is 0 Å². The number of aromatic nitrogens is 1. The molecule has 2 amide bonds. The number of fused-ring (bicyclic) bond motifs is 1. The number of amides is 2. The van der Waals surface area contributed by atoms with E-state index in [0.717, 1.165) is 0 Å². The molecule has 8 nitrogen and oxygen atoms in total. The Kier molecular flexibility index (Phi) is 3.48. The van der Waals surface area contributed by atoms with Gasteiger partial charge < -0.3 is 19.8 Å². The SMILES string of the molecule is Cn1c(=O)oc2ccc(C(=O)N3CCO[C@](C)(C(N)=O)C3)cc21. The number of hydrogen-bond donors (Lipinski definition) is 1. The maximum Gasteiger partial charge on any atom is 0.419 e. The zero-order chi connectivity index (χ0) is 16.8. The fourth-order valence-electron chi connectivity index (χ4n) is 2.63. The Morgan fingerprint density at radius 1 is 1.35 bits per heavy atom. The molecule has 0 aliphatic carbocycles. The summed E-state index contributed by atoms with van der Waals surface area (Å²) < 4.78 is 11.8. The van der Waals surface area contributed by atoms with Crippen LogP contribution in [0.5, 0.6) is 0 Å². The molecule has 0 saturated carbocycles. The molecule has 1 saturated heterocycles. The highest BCUT2D eigenvalue weighted by Crippen LogP contribution is 2.21. The predicted molar refractivity (Wildman–Crippen MR) is 80.9 cm³/mol. The van der Waals surface area contributed by atoms with Crippen molar-refractivity contribution in [2.75, 3.05) is 19.7 Å². The third-order valence-electron chi connectivity index (χ3n) is 4.12. The largest absolute Gasteiger partial charge is 0.419 e. The normalized spacial score (nSPS) is 21.6. The summed E-state index contributed by atoms with van der Waals surface area (Å²) in [7, 11) is 1.57. The van der Waals surface area contributed by atoms with Gasteiger partial charge in [0.2, 0.25) is 0 Å². The van der Waals surface area contributed by atoms with E-state index < -0.39 is 17.3 Å². The number of oxazole rings is 1. The van der Waals surface area contributed by atoms with Crippen LogP contribution >= 0.6 is 0 Å². The van der Waals surface area contributed by atoms with Crippen LogP contribution in [0.2, 0.25) is 0 Å². The van der Waals surface area contributed by atoms with Gasteiger partial charge in [-0.2, -0.15) is 0 Å². The van der Waals surface area contributed by atoms with Gasteiger partial charge in [-0.25, -0.2) is 4.79 Å². The summed E-state index contributed by atoms with van der Waals surface area (Å²) in [5.41, 5.74) is 5.51. The molecule has 2 N–H and O–H groups in total. The van der Waals surface area contributed by atoms with Gasteiger partial charge in [0.15, 0.2) is 11.2 Å². The Bertz CT molecular complexity index is 852. The summed E-state index contributed by atoms with van der Waals surface area (Å²) in [4.78, 5) is 37.2. The van der Waals surface area contributed by atoms with Crippen LogP contribution in [0.25, 0.3) is 11.1 Å². The second-order valence-corrected chi connectivity index (χ2v) is 5.78. The van der Waals surface area contributed by atoms with Crippen LogP contribution in [0, 0.1) is 0 Å². The zero-order valence-electron chi connectivity index (χ0n) is 12.9. The number of primary amides is 1. The summed E-state index contributed by atoms with van der Waals surface area (Å²) in [5.74, 6) is -1.35. The van der Waals surface area contributed by atoms with Crippen molar-refractivity contribution in [3.8, 4) is 0 Å². The Hall–Kier alpha value is -2.61. The van der Waals surface area contributed by atoms with Gasteiger partial charge in [0.1, 0.15) is 0 Å². The van der Waals surface area contributed by atoms with Gasteiger partial charge in [-0.15, -0.1) is 0 Å². The Morgan fingerprint density at radius 3 is 2.78 bits per heavy atom. The van der Waals surface area contributed by atoms with Crippen molar-refractivity contribution in [2.24, 2.45) is 12.8 Å². The van der Waals surface area contributed by atoms with Crippen molar-refractivity contribution >= 4 is 22.9 Å². The molecule has 1 aromatic heterocycles. The molecule has 1 atom stereocenters. The molecule has 0 unspecified atom stereocenters. The van der Waals surface area contributed by atoms with Gasteiger partial charge >= 0.3 is 5.76 Å². The van der Waals surface area contributed by atoms with Crippen molar-refractivity contribution in [3.05, 3.63) is 34.3 Å². The highest BCUT2D eigenvalue weighted by Gasteiger charge is 2.39. The van der Waals surface area contributed by atoms with Crippen molar-refractivity contribution < 1.29 is 18.7 Å². The molecular weight excluding hydrogens is 302 g/mol. The molecule has 3 rings (SSSR count). The monoisotopic (exact) mass is 319 g/mol. The average Bonchev–Trinajstić information content (AvgIpc) is 2.81. The van der Waals surface area contributed by atoms with Crippen LogP contribution in [0.4, 0.5) is 0 Å². The van der Waals surface area contributed by atoms with Gasteiger partial charge in [-0.3, -0.25) is 14.2 Å². The van der Waals surface area contributed by atoms with Gasteiger partial charge in [-0.1, -0.05) is 0 Å². The summed E-state index contributed by atoms with van der Waals surface area (Å²) in [5, 5.41) is 0. The van der Waals surface area contributed by atoms with E-state index in [1.807, 2.05) is 0 Å². The zero-order valence-corrected chi connectivity index (χ0v) is 12.9. The van der Waals surface area contributed by atoms with Crippen LogP contribution in [0.15, 0.2) is 27.4 Å². The fraction of sp³-hybridized carbons (Fsp3) is 0.400. The molecule has 2 heterocycles. The molecular formula is C15H17N3O5. The third kappa shape index (κ3) is 2.50. The molecule has 1 aromatic carbocycles. The van der Waals surface area contributed by atoms with Gasteiger partial charge in [-0.05, 0) is 25.1 Å². The van der Waals surface area contributed by atoms with Crippen LogP contribution in [-0.2, 0) is 16.6 Å². The first kappa shape index (κ1) is 15.3. The number of hydrogen-bond acceptors (Lipinski definition) is 5.